The van der Waals surface area contributed by atoms with Crippen LogP contribution in [-0.4, -0.2) is 50.3 Å². The van der Waals surface area contributed by atoms with E-state index in [1.165, 1.54) is 0 Å². The zero-order chi connectivity index (χ0) is 14.4. The van der Waals surface area contributed by atoms with E-state index in [0.717, 1.165) is 25.2 Å². The van der Waals surface area contributed by atoms with E-state index in [2.05, 4.69) is 9.88 Å². The first kappa shape index (κ1) is 14.9. The predicted octanol–water partition coefficient (Wildman–Crippen LogP) is 1.92. The summed E-state index contributed by atoms with van der Waals surface area (Å²) in [5.74, 6) is 0.109. The predicted molar refractivity (Wildman–Crippen MR) is 77.3 cm³/mol. The summed E-state index contributed by atoms with van der Waals surface area (Å²) in [5.41, 5.74) is 1.49. The van der Waals surface area contributed by atoms with Crippen molar-refractivity contribution in [2.75, 3.05) is 38.3 Å². The summed E-state index contributed by atoms with van der Waals surface area (Å²) in [6, 6.07) is 3.84. The largest absolute Gasteiger partial charge is 0.382 e. The van der Waals surface area contributed by atoms with Gasteiger partial charge in [0.05, 0.1) is 25.0 Å². The average Bonchev–Trinajstić information content (AvgIpc) is 2.48. The fourth-order valence-corrected chi connectivity index (χ4v) is 2.44. The number of hydrogen-bond donors (Lipinski definition) is 0. The summed E-state index contributed by atoms with van der Waals surface area (Å²) in [6.07, 6.45) is 3.10. The molecule has 0 saturated carbocycles. The molecule has 0 aliphatic carbocycles. The molecule has 20 heavy (non-hydrogen) atoms. The number of rotatable bonds is 6. The van der Waals surface area contributed by atoms with Crippen molar-refractivity contribution in [1.82, 2.24) is 4.98 Å². The molecule has 0 bridgehead atoms. The molecule has 110 valence electrons. The first-order valence-corrected chi connectivity index (χ1v) is 7.10. The van der Waals surface area contributed by atoms with Gasteiger partial charge in [-0.05, 0) is 18.6 Å². The van der Waals surface area contributed by atoms with Crippen molar-refractivity contribution in [3.05, 3.63) is 24.0 Å². The van der Waals surface area contributed by atoms with Crippen LogP contribution in [0.3, 0.4) is 0 Å². The lowest BCUT2D eigenvalue weighted by Crippen LogP contribution is -2.45. The van der Waals surface area contributed by atoms with Gasteiger partial charge in [0.25, 0.3) is 0 Å². The van der Waals surface area contributed by atoms with E-state index in [-0.39, 0.29) is 11.9 Å². The Bertz CT molecular complexity index is 448. The Labute approximate surface area is 119 Å². The van der Waals surface area contributed by atoms with E-state index in [4.69, 9.17) is 9.47 Å². The SMILES string of the molecule is CCCC(=O)c1ncccc1N1CCO[C@H](COC)C1. The molecule has 0 spiro atoms. The maximum atomic E-state index is 12.2. The monoisotopic (exact) mass is 278 g/mol. The summed E-state index contributed by atoms with van der Waals surface area (Å²) in [6.45, 7) is 4.72. The average molecular weight is 278 g/mol. The smallest absolute Gasteiger partial charge is 0.183 e. The van der Waals surface area contributed by atoms with Gasteiger partial charge in [0.1, 0.15) is 5.69 Å². The minimum atomic E-state index is 0.0445. The molecule has 1 aliphatic heterocycles. The molecule has 2 rings (SSSR count). The van der Waals surface area contributed by atoms with Gasteiger partial charge in [-0.2, -0.15) is 0 Å². The van der Waals surface area contributed by atoms with Crippen LogP contribution in [0.25, 0.3) is 0 Å². The van der Waals surface area contributed by atoms with Gasteiger partial charge >= 0.3 is 0 Å². The Morgan fingerprint density at radius 3 is 3.20 bits per heavy atom. The minimum Gasteiger partial charge on any atom is -0.382 e. The fourth-order valence-electron chi connectivity index (χ4n) is 2.44. The Morgan fingerprint density at radius 2 is 2.45 bits per heavy atom. The van der Waals surface area contributed by atoms with Crippen molar-refractivity contribution >= 4 is 11.5 Å². The van der Waals surface area contributed by atoms with Crippen molar-refractivity contribution in [2.45, 2.75) is 25.9 Å². The van der Waals surface area contributed by atoms with Gasteiger partial charge in [-0.3, -0.25) is 9.78 Å². The normalized spacial score (nSPS) is 19.1. The lowest BCUT2D eigenvalue weighted by atomic mass is 10.1. The summed E-state index contributed by atoms with van der Waals surface area (Å²) < 4.78 is 10.8. The third kappa shape index (κ3) is 3.55. The number of methoxy groups -OCH3 is 1. The number of hydrogen-bond acceptors (Lipinski definition) is 5. The molecule has 0 N–H and O–H groups in total. The van der Waals surface area contributed by atoms with E-state index < -0.39 is 0 Å². The van der Waals surface area contributed by atoms with E-state index in [9.17, 15) is 4.79 Å². The number of nitrogens with zero attached hydrogens (tertiary/aromatic N) is 2. The van der Waals surface area contributed by atoms with Crippen LogP contribution in [0.2, 0.25) is 0 Å². The van der Waals surface area contributed by atoms with Crippen LogP contribution < -0.4 is 4.90 Å². The molecule has 1 aromatic heterocycles. The molecule has 0 radical (unpaired) electrons. The third-order valence-electron chi connectivity index (χ3n) is 3.36. The van der Waals surface area contributed by atoms with E-state index in [0.29, 0.717) is 25.3 Å². The van der Waals surface area contributed by atoms with Crippen molar-refractivity contribution in [1.29, 1.82) is 0 Å². The molecule has 0 amide bonds. The zero-order valence-electron chi connectivity index (χ0n) is 12.2. The van der Waals surface area contributed by atoms with Crippen molar-refractivity contribution in [3.8, 4) is 0 Å². The number of Topliss-reactive ketones (excluding diaryl/α,β-unsaturated/α-hetero) is 1. The second-order valence-electron chi connectivity index (χ2n) is 4.94. The second kappa shape index (κ2) is 7.36. The molecular weight excluding hydrogens is 256 g/mol. The maximum absolute atomic E-state index is 12.2. The number of ketones is 1. The topological polar surface area (TPSA) is 51.7 Å². The van der Waals surface area contributed by atoms with E-state index >= 15 is 0 Å². The zero-order valence-corrected chi connectivity index (χ0v) is 12.2. The van der Waals surface area contributed by atoms with E-state index in [1.54, 1.807) is 13.3 Å². The van der Waals surface area contributed by atoms with Gasteiger partial charge in [-0.1, -0.05) is 6.92 Å². The number of anilines is 1. The molecule has 1 atom stereocenters. The van der Waals surface area contributed by atoms with Crippen LogP contribution in [-0.2, 0) is 9.47 Å². The minimum absolute atomic E-state index is 0.0445. The lowest BCUT2D eigenvalue weighted by Gasteiger charge is -2.34. The lowest BCUT2D eigenvalue weighted by molar-refractivity contribution is -0.0101. The fraction of sp³-hybridized carbons (Fsp3) is 0.600. The van der Waals surface area contributed by atoms with Crippen LogP contribution in [0.1, 0.15) is 30.3 Å². The summed E-state index contributed by atoms with van der Waals surface area (Å²) in [4.78, 5) is 18.6. The third-order valence-corrected chi connectivity index (χ3v) is 3.36. The van der Waals surface area contributed by atoms with Gasteiger partial charge in [-0.15, -0.1) is 0 Å². The standard InChI is InChI=1S/C15H22N2O3/c1-3-5-14(18)15-13(6-4-7-16-15)17-8-9-20-12(10-17)11-19-2/h4,6-7,12H,3,5,8-11H2,1-2H3/t12-/m0/s1. The quantitative estimate of drug-likeness (QED) is 0.744. The van der Waals surface area contributed by atoms with E-state index in [1.807, 2.05) is 19.1 Å². The first-order valence-electron chi connectivity index (χ1n) is 7.10. The Kier molecular flexibility index (Phi) is 5.49. The number of carbonyl (C=O) groups excluding carboxylic acids is 1. The van der Waals surface area contributed by atoms with Crippen LogP contribution >= 0.6 is 0 Å². The number of ether oxygens (including phenoxy) is 2. The Hall–Kier alpha value is -1.46. The van der Waals surface area contributed by atoms with Crippen LogP contribution in [0, 0.1) is 0 Å². The number of morpholine rings is 1. The van der Waals surface area contributed by atoms with Gasteiger partial charge in [0, 0.05) is 32.8 Å². The maximum Gasteiger partial charge on any atom is 0.183 e. The van der Waals surface area contributed by atoms with Crippen molar-refractivity contribution < 1.29 is 14.3 Å². The molecule has 1 saturated heterocycles. The summed E-state index contributed by atoms with van der Waals surface area (Å²) in [5, 5.41) is 0. The molecule has 2 heterocycles. The highest BCUT2D eigenvalue weighted by Crippen LogP contribution is 2.22. The highest BCUT2D eigenvalue weighted by molar-refractivity contribution is 5.99. The molecule has 5 heteroatoms. The van der Waals surface area contributed by atoms with Gasteiger partial charge < -0.3 is 14.4 Å². The highest BCUT2D eigenvalue weighted by atomic mass is 16.5. The van der Waals surface area contributed by atoms with Gasteiger partial charge in [0.15, 0.2) is 5.78 Å². The molecule has 1 aromatic rings. The summed E-state index contributed by atoms with van der Waals surface area (Å²) in [7, 11) is 1.67. The highest BCUT2D eigenvalue weighted by Gasteiger charge is 2.24. The molecule has 0 aromatic carbocycles. The van der Waals surface area contributed by atoms with Crippen molar-refractivity contribution in [2.24, 2.45) is 0 Å². The Balaban J connectivity index is 2.17. The van der Waals surface area contributed by atoms with Crippen LogP contribution in [0.15, 0.2) is 18.3 Å². The number of carbonyl (C=O) groups is 1. The number of aromatic nitrogens is 1. The molecular formula is C15H22N2O3. The second-order valence-corrected chi connectivity index (χ2v) is 4.94. The molecule has 1 fully saturated rings. The van der Waals surface area contributed by atoms with Crippen LogP contribution in [0.5, 0.6) is 0 Å². The van der Waals surface area contributed by atoms with Crippen molar-refractivity contribution in [3.63, 3.8) is 0 Å². The molecule has 1 aliphatic rings. The summed E-state index contributed by atoms with van der Waals surface area (Å²) >= 11 is 0. The Morgan fingerprint density at radius 1 is 1.60 bits per heavy atom. The van der Waals surface area contributed by atoms with Gasteiger partial charge in [0.2, 0.25) is 0 Å². The molecule has 5 nitrogen and oxygen atoms in total. The van der Waals surface area contributed by atoms with Crippen LogP contribution in [0.4, 0.5) is 5.69 Å². The molecule has 0 unspecified atom stereocenters. The number of pyridine rings is 1. The van der Waals surface area contributed by atoms with Gasteiger partial charge in [-0.25, -0.2) is 0 Å². The first-order chi connectivity index (χ1) is 9.76.